The molecule has 0 atom stereocenters. The lowest BCUT2D eigenvalue weighted by Gasteiger charge is -2.25. The summed E-state index contributed by atoms with van der Waals surface area (Å²) < 4.78 is 5.79. The molecule has 4 rings (SSSR count). The van der Waals surface area contributed by atoms with Crippen molar-refractivity contribution in [1.82, 2.24) is 10.2 Å². The van der Waals surface area contributed by atoms with Crippen LogP contribution < -0.4 is 5.32 Å². The number of fused-ring (bicyclic) bond motifs is 2. The summed E-state index contributed by atoms with van der Waals surface area (Å²) in [6, 6.07) is 6.02. The van der Waals surface area contributed by atoms with Crippen LogP contribution in [-0.4, -0.2) is 35.6 Å². The zero-order chi connectivity index (χ0) is 17.4. The number of amides is 1. The summed E-state index contributed by atoms with van der Waals surface area (Å²) in [5, 5.41) is 7.23. The summed E-state index contributed by atoms with van der Waals surface area (Å²) in [7, 11) is 0. The predicted octanol–water partition coefficient (Wildman–Crippen LogP) is 3.82. The largest absolute Gasteiger partial charge is 0.451 e. The van der Waals surface area contributed by atoms with E-state index < -0.39 is 0 Å². The van der Waals surface area contributed by atoms with Gasteiger partial charge in [0.25, 0.3) is 5.91 Å². The van der Waals surface area contributed by atoms with Gasteiger partial charge in [-0.05, 0) is 37.3 Å². The first-order chi connectivity index (χ1) is 12.1. The summed E-state index contributed by atoms with van der Waals surface area (Å²) in [5.74, 6) is 0.265. The highest BCUT2D eigenvalue weighted by molar-refractivity contribution is 8.16. The normalized spacial score (nSPS) is 16.6. The second-order valence-corrected chi connectivity index (χ2v) is 7.29. The van der Waals surface area contributed by atoms with Gasteiger partial charge >= 0.3 is 0 Å². The summed E-state index contributed by atoms with van der Waals surface area (Å²) >= 11 is 1.68. The van der Waals surface area contributed by atoms with Gasteiger partial charge in [0.15, 0.2) is 10.9 Å². The quantitative estimate of drug-likeness (QED) is 0.906. The molecule has 2 aliphatic rings. The van der Waals surface area contributed by atoms with Gasteiger partial charge in [0.05, 0.1) is 0 Å². The van der Waals surface area contributed by atoms with Crippen LogP contribution in [0.1, 0.15) is 34.5 Å². The molecule has 3 heterocycles. The highest BCUT2D eigenvalue weighted by Crippen LogP contribution is 2.30. The molecule has 0 fully saturated rings. The van der Waals surface area contributed by atoms with Gasteiger partial charge in [0.1, 0.15) is 5.58 Å². The van der Waals surface area contributed by atoms with Gasteiger partial charge in [-0.1, -0.05) is 23.9 Å². The highest BCUT2D eigenvalue weighted by Gasteiger charge is 2.24. The van der Waals surface area contributed by atoms with Crippen LogP contribution in [0.25, 0.3) is 11.0 Å². The van der Waals surface area contributed by atoms with Crippen LogP contribution in [0.4, 0.5) is 0 Å². The van der Waals surface area contributed by atoms with E-state index in [0.29, 0.717) is 12.3 Å². The van der Waals surface area contributed by atoms with E-state index >= 15 is 0 Å². The van der Waals surface area contributed by atoms with Gasteiger partial charge < -0.3 is 14.6 Å². The molecule has 1 amide bonds. The minimum atomic E-state index is -0.148. The number of furan rings is 1. The number of rotatable bonds is 4. The van der Waals surface area contributed by atoms with Crippen LogP contribution in [0, 0.1) is 13.8 Å². The van der Waals surface area contributed by atoms with Crippen LogP contribution in [0.3, 0.4) is 0 Å². The van der Waals surface area contributed by atoms with E-state index in [1.165, 1.54) is 5.70 Å². The molecule has 0 unspecified atom stereocenters. The maximum Gasteiger partial charge on any atom is 0.287 e. The Hall–Kier alpha value is -2.21. The number of nitrogens with zero attached hydrogens (tertiary/aromatic N) is 2. The molecule has 5 nitrogen and oxygen atoms in total. The molecule has 0 saturated heterocycles. The van der Waals surface area contributed by atoms with E-state index in [1.807, 2.05) is 32.0 Å². The van der Waals surface area contributed by atoms with Crippen molar-refractivity contribution in [2.75, 3.05) is 19.6 Å². The Morgan fingerprint density at radius 2 is 2.28 bits per heavy atom. The zero-order valence-corrected chi connectivity index (χ0v) is 15.3. The highest BCUT2D eigenvalue weighted by atomic mass is 32.2. The van der Waals surface area contributed by atoms with Crippen molar-refractivity contribution in [3.63, 3.8) is 0 Å². The van der Waals surface area contributed by atoms with Crippen molar-refractivity contribution >= 4 is 33.8 Å². The fourth-order valence-corrected chi connectivity index (χ4v) is 4.25. The molecule has 6 heteroatoms. The van der Waals surface area contributed by atoms with Crippen molar-refractivity contribution in [3.05, 3.63) is 46.2 Å². The summed E-state index contributed by atoms with van der Waals surface area (Å²) in [6.45, 7) is 6.48. The molecular formula is C19H21N3O2S. The number of benzene rings is 1. The number of aryl methyl sites for hydroxylation is 2. The molecule has 0 radical (unpaired) electrons. The Morgan fingerprint density at radius 3 is 3.16 bits per heavy atom. The van der Waals surface area contributed by atoms with E-state index in [4.69, 9.17) is 4.42 Å². The lowest BCUT2D eigenvalue weighted by Crippen LogP contribution is -2.32. The fourth-order valence-electron chi connectivity index (χ4n) is 3.26. The molecular weight excluding hydrogens is 334 g/mol. The molecule has 1 aromatic heterocycles. The smallest absolute Gasteiger partial charge is 0.287 e. The molecule has 0 saturated carbocycles. The minimum absolute atomic E-state index is 0.148. The Morgan fingerprint density at radius 1 is 1.40 bits per heavy atom. The molecule has 2 aliphatic heterocycles. The third-order valence-corrected chi connectivity index (χ3v) is 5.58. The molecule has 25 heavy (non-hydrogen) atoms. The number of hydrogen-bond acceptors (Lipinski definition) is 5. The number of hydrogen-bond donors (Lipinski definition) is 1. The summed E-state index contributed by atoms with van der Waals surface area (Å²) in [5.41, 5.74) is 4.03. The third kappa shape index (κ3) is 3.06. The zero-order valence-electron chi connectivity index (χ0n) is 14.5. The first-order valence-electron chi connectivity index (χ1n) is 8.59. The van der Waals surface area contributed by atoms with Crippen molar-refractivity contribution in [2.45, 2.75) is 26.7 Å². The maximum absolute atomic E-state index is 12.5. The maximum atomic E-state index is 12.5. The standard InChI is InChI=1S/C19H21N3O2S/c1-12-4-5-15-13(2)17(24-16(15)10-12)18(23)20-8-6-14-11-25-19-21-7-3-9-22(14)19/h4-5,10-11H,3,6-9H2,1-2H3,(H,20,23). The summed E-state index contributed by atoms with van der Waals surface area (Å²) in [6.07, 6.45) is 1.89. The first-order valence-corrected chi connectivity index (χ1v) is 9.47. The molecule has 2 aromatic rings. The molecule has 0 aliphatic carbocycles. The van der Waals surface area contributed by atoms with Gasteiger partial charge in [0.2, 0.25) is 0 Å². The number of carbonyl (C=O) groups excluding carboxylic acids is 1. The van der Waals surface area contributed by atoms with Crippen molar-refractivity contribution in [3.8, 4) is 0 Å². The van der Waals surface area contributed by atoms with Gasteiger partial charge in [-0.15, -0.1) is 0 Å². The summed E-state index contributed by atoms with van der Waals surface area (Å²) in [4.78, 5) is 19.3. The van der Waals surface area contributed by atoms with Gasteiger partial charge in [0, 0.05) is 42.7 Å². The Kier molecular flexibility index (Phi) is 4.29. The van der Waals surface area contributed by atoms with Crippen LogP contribution in [0.15, 0.2) is 38.7 Å². The van der Waals surface area contributed by atoms with E-state index in [9.17, 15) is 4.79 Å². The average Bonchev–Trinajstić information content (AvgIpc) is 3.16. The number of nitrogens with one attached hydrogen (secondary N) is 1. The topological polar surface area (TPSA) is 57.8 Å². The van der Waals surface area contributed by atoms with Crippen molar-refractivity contribution in [2.24, 2.45) is 4.99 Å². The Balaban J connectivity index is 1.40. The van der Waals surface area contributed by atoms with Crippen LogP contribution >= 0.6 is 11.8 Å². The van der Waals surface area contributed by atoms with E-state index in [-0.39, 0.29) is 5.91 Å². The Bertz CT molecular complexity index is 897. The second-order valence-electron chi connectivity index (χ2n) is 6.46. The van der Waals surface area contributed by atoms with Crippen LogP contribution in [-0.2, 0) is 0 Å². The van der Waals surface area contributed by atoms with E-state index in [1.54, 1.807) is 11.8 Å². The number of carbonyl (C=O) groups is 1. The van der Waals surface area contributed by atoms with Gasteiger partial charge in [-0.25, -0.2) is 0 Å². The van der Waals surface area contributed by atoms with E-state index in [2.05, 4.69) is 20.6 Å². The van der Waals surface area contributed by atoms with Crippen LogP contribution in [0.5, 0.6) is 0 Å². The minimum Gasteiger partial charge on any atom is -0.451 e. The number of aliphatic imine (C=N–C) groups is 1. The van der Waals surface area contributed by atoms with Crippen molar-refractivity contribution in [1.29, 1.82) is 0 Å². The number of amidine groups is 1. The van der Waals surface area contributed by atoms with Gasteiger partial charge in [-0.3, -0.25) is 9.79 Å². The first kappa shape index (κ1) is 16.3. The number of thioether (sulfide) groups is 1. The van der Waals surface area contributed by atoms with Crippen LogP contribution in [0.2, 0.25) is 0 Å². The van der Waals surface area contributed by atoms with Crippen molar-refractivity contribution < 1.29 is 9.21 Å². The lowest BCUT2D eigenvalue weighted by atomic mass is 10.1. The molecule has 1 aromatic carbocycles. The Labute approximate surface area is 151 Å². The second kappa shape index (κ2) is 6.59. The van der Waals surface area contributed by atoms with E-state index in [0.717, 1.165) is 53.2 Å². The molecule has 0 bridgehead atoms. The monoisotopic (exact) mass is 355 g/mol. The van der Waals surface area contributed by atoms with Gasteiger partial charge in [-0.2, -0.15) is 0 Å². The predicted molar refractivity (Wildman–Crippen MR) is 102 cm³/mol. The lowest BCUT2D eigenvalue weighted by molar-refractivity contribution is 0.0927. The molecule has 1 N–H and O–H groups in total. The SMILES string of the molecule is Cc1ccc2c(C)c(C(=O)NCCC3=CSC4=NCCCN34)oc2c1. The average molecular weight is 355 g/mol. The molecule has 130 valence electrons. The third-order valence-electron chi connectivity index (χ3n) is 4.63. The fraction of sp³-hybridized carbons (Fsp3) is 0.368. The molecule has 0 spiro atoms.